The van der Waals surface area contributed by atoms with Crippen molar-refractivity contribution >= 4 is 15.9 Å². The number of likely N-dealkylation sites (N-methyl/N-ethyl adjacent to an activating group) is 2. The van der Waals surface area contributed by atoms with Crippen LogP contribution < -0.4 is 5.73 Å². The molecule has 2 N–H and O–H groups in total. The van der Waals surface area contributed by atoms with E-state index in [1.165, 1.54) is 5.56 Å². The van der Waals surface area contributed by atoms with Gasteiger partial charge in [0.05, 0.1) is 0 Å². The average Bonchev–Trinajstić information content (AvgIpc) is 2.36. The maximum atomic E-state index is 6.02. The molecule has 0 aliphatic rings. The zero-order chi connectivity index (χ0) is 14.4. The van der Waals surface area contributed by atoms with Gasteiger partial charge in [-0.3, -0.25) is 4.90 Å². The van der Waals surface area contributed by atoms with Crippen molar-refractivity contribution in [3.05, 3.63) is 34.3 Å². The standard InChI is InChI=1S/C15H26BrN3/c1-5-19(12(2)11-18(3)4)15(10-17)13-6-8-14(16)9-7-13/h6-9,12,15H,5,10-11,17H2,1-4H3. The molecule has 0 saturated carbocycles. The first-order valence-corrected chi connectivity index (χ1v) is 7.64. The Morgan fingerprint density at radius 1 is 1.21 bits per heavy atom. The van der Waals surface area contributed by atoms with E-state index < -0.39 is 0 Å². The summed E-state index contributed by atoms with van der Waals surface area (Å²) in [5.41, 5.74) is 7.31. The van der Waals surface area contributed by atoms with Gasteiger partial charge in [0.15, 0.2) is 0 Å². The lowest BCUT2D eigenvalue weighted by Crippen LogP contribution is -2.44. The average molecular weight is 328 g/mol. The van der Waals surface area contributed by atoms with Crippen molar-refractivity contribution in [3.8, 4) is 0 Å². The summed E-state index contributed by atoms with van der Waals surface area (Å²) in [6.07, 6.45) is 0. The molecule has 0 heterocycles. The van der Waals surface area contributed by atoms with Crippen molar-refractivity contribution in [1.82, 2.24) is 9.80 Å². The first-order valence-electron chi connectivity index (χ1n) is 6.85. The monoisotopic (exact) mass is 327 g/mol. The number of nitrogens with zero attached hydrogens (tertiary/aromatic N) is 2. The molecule has 1 rings (SSSR count). The summed E-state index contributed by atoms with van der Waals surface area (Å²) in [6, 6.07) is 9.26. The van der Waals surface area contributed by atoms with E-state index in [2.05, 4.69) is 77.9 Å². The molecule has 0 amide bonds. The van der Waals surface area contributed by atoms with Gasteiger partial charge in [-0.2, -0.15) is 0 Å². The molecule has 0 fully saturated rings. The van der Waals surface area contributed by atoms with Gasteiger partial charge in [-0.25, -0.2) is 0 Å². The number of halogens is 1. The van der Waals surface area contributed by atoms with Crippen LogP contribution in [0.1, 0.15) is 25.5 Å². The van der Waals surface area contributed by atoms with Gasteiger partial charge < -0.3 is 10.6 Å². The van der Waals surface area contributed by atoms with Crippen LogP contribution in [0.25, 0.3) is 0 Å². The summed E-state index contributed by atoms with van der Waals surface area (Å²) < 4.78 is 1.11. The van der Waals surface area contributed by atoms with Gasteiger partial charge >= 0.3 is 0 Å². The lowest BCUT2D eigenvalue weighted by Gasteiger charge is -2.36. The van der Waals surface area contributed by atoms with Crippen LogP contribution in [0.2, 0.25) is 0 Å². The van der Waals surface area contributed by atoms with Crippen LogP contribution in [0.4, 0.5) is 0 Å². The lowest BCUT2D eigenvalue weighted by molar-refractivity contribution is 0.131. The molecule has 0 aromatic heterocycles. The molecule has 19 heavy (non-hydrogen) atoms. The molecule has 108 valence electrons. The Kier molecular flexibility index (Phi) is 7.00. The predicted molar refractivity (Wildman–Crippen MR) is 86.3 cm³/mol. The van der Waals surface area contributed by atoms with Crippen molar-refractivity contribution < 1.29 is 0 Å². The number of hydrogen-bond acceptors (Lipinski definition) is 3. The number of nitrogens with two attached hydrogens (primary N) is 1. The molecule has 1 aromatic carbocycles. The second-order valence-electron chi connectivity index (χ2n) is 5.24. The summed E-state index contributed by atoms with van der Waals surface area (Å²) in [6.45, 7) is 7.17. The Bertz CT molecular complexity index is 364. The maximum Gasteiger partial charge on any atom is 0.0473 e. The van der Waals surface area contributed by atoms with Gasteiger partial charge in [0.25, 0.3) is 0 Å². The molecule has 1 aromatic rings. The van der Waals surface area contributed by atoms with Crippen LogP contribution in [-0.4, -0.2) is 49.6 Å². The first kappa shape index (κ1) is 16.6. The third-order valence-electron chi connectivity index (χ3n) is 3.44. The van der Waals surface area contributed by atoms with Crippen molar-refractivity contribution in [1.29, 1.82) is 0 Å². The highest BCUT2D eigenvalue weighted by Gasteiger charge is 2.22. The molecule has 3 nitrogen and oxygen atoms in total. The van der Waals surface area contributed by atoms with Crippen molar-refractivity contribution in [2.75, 3.05) is 33.7 Å². The third-order valence-corrected chi connectivity index (χ3v) is 3.97. The van der Waals surface area contributed by atoms with Gasteiger partial charge in [-0.05, 0) is 45.3 Å². The van der Waals surface area contributed by atoms with Crippen LogP contribution >= 0.6 is 15.9 Å². The highest BCUT2D eigenvalue weighted by molar-refractivity contribution is 9.10. The Hall–Kier alpha value is -0.420. The second-order valence-corrected chi connectivity index (χ2v) is 6.16. The van der Waals surface area contributed by atoms with Crippen LogP contribution in [-0.2, 0) is 0 Å². The Balaban J connectivity index is 2.88. The van der Waals surface area contributed by atoms with E-state index >= 15 is 0 Å². The Morgan fingerprint density at radius 2 is 1.79 bits per heavy atom. The van der Waals surface area contributed by atoms with E-state index in [9.17, 15) is 0 Å². The molecule has 0 bridgehead atoms. The summed E-state index contributed by atoms with van der Waals surface area (Å²) in [5, 5.41) is 0. The highest BCUT2D eigenvalue weighted by Crippen LogP contribution is 2.23. The smallest absolute Gasteiger partial charge is 0.0473 e. The Morgan fingerprint density at radius 3 is 2.21 bits per heavy atom. The molecule has 0 saturated heterocycles. The molecule has 0 aliphatic carbocycles. The zero-order valence-corrected chi connectivity index (χ0v) is 14.0. The summed E-state index contributed by atoms with van der Waals surface area (Å²) in [4.78, 5) is 4.70. The number of benzene rings is 1. The quantitative estimate of drug-likeness (QED) is 0.835. The van der Waals surface area contributed by atoms with E-state index in [4.69, 9.17) is 5.73 Å². The fourth-order valence-electron chi connectivity index (χ4n) is 2.62. The van der Waals surface area contributed by atoms with E-state index in [1.807, 2.05) is 0 Å². The molecule has 2 unspecified atom stereocenters. The van der Waals surface area contributed by atoms with E-state index in [1.54, 1.807) is 0 Å². The first-order chi connectivity index (χ1) is 8.99. The summed E-state index contributed by atoms with van der Waals surface area (Å²) in [5.74, 6) is 0. The van der Waals surface area contributed by atoms with Crippen molar-refractivity contribution in [2.24, 2.45) is 5.73 Å². The van der Waals surface area contributed by atoms with Crippen LogP contribution in [0.3, 0.4) is 0 Å². The van der Waals surface area contributed by atoms with Gasteiger partial charge in [-0.15, -0.1) is 0 Å². The van der Waals surface area contributed by atoms with Crippen molar-refractivity contribution in [2.45, 2.75) is 25.9 Å². The molecule has 0 radical (unpaired) electrons. The fourth-order valence-corrected chi connectivity index (χ4v) is 2.88. The fraction of sp³-hybridized carbons (Fsp3) is 0.600. The van der Waals surface area contributed by atoms with Crippen molar-refractivity contribution in [3.63, 3.8) is 0 Å². The largest absolute Gasteiger partial charge is 0.329 e. The van der Waals surface area contributed by atoms with Gasteiger partial charge in [0.2, 0.25) is 0 Å². The zero-order valence-electron chi connectivity index (χ0n) is 12.4. The lowest BCUT2D eigenvalue weighted by atomic mass is 10.0. The minimum Gasteiger partial charge on any atom is -0.329 e. The van der Waals surface area contributed by atoms with Crippen LogP contribution in [0.5, 0.6) is 0 Å². The summed E-state index contributed by atoms with van der Waals surface area (Å²) >= 11 is 3.48. The van der Waals surface area contributed by atoms with E-state index in [0.29, 0.717) is 12.6 Å². The Labute approximate surface area is 125 Å². The highest BCUT2D eigenvalue weighted by atomic mass is 79.9. The molecule has 0 spiro atoms. The van der Waals surface area contributed by atoms with E-state index in [0.717, 1.165) is 17.6 Å². The summed E-state index contributed by atoms with van der Waals surface area (Å²) in [7, 11) is 4.23. The minimum absolute atomic E-state index is 0.285. The van der Waals surface area contributed by atoms with Gasteiger partial charge in [0.1, 0.15) is 0 Å². The molecule has 4 heteroatoms. The van der Waals surface area contributed by atoms with Crippen LogP contribution in [0.15, 0.2) is 28.7 Å². The van der Waals surface area contributed by atoms with Gasteiger partial charge in [0, 0.05) is 29.6 Å². The number of rotatable bonds is 7. The predicted octanol–water partition coefficient (Wildman–Crippen LogP) is 2.72. The molecular formula is C15H26BrN3. The molecule has 0 aliphatic heterocycles. The normalized spacial score (nSPS) is 14.9. The number of hydrogen-bond donors (Lipinski definition) is 1. The minimum atomic E-state index is 0.285. The second kappa shape index (κ2) is 8.00. The third kappa shape index (κ3) is 4.88. The van der Waals surface area contributed by atoms with Gasteiger partial charge in [-0.1, -0.05) is 35.0 Å². The molecular weight excluding hydrogens is 302 g/mol. The SMILES string of the molecule is CCN(C(C)CN(C)C)C(CN)c1ccc(Br)cc1. The topological polar surface area (TPSA) is 32.5 Å². The molecule has 2 atom stereocenters. The van der Waals surface area contributed by atoms with E-state index in [-0.39, 0.29) is 6.04 Å². The van der Waals surface area contributed by atoms with Crippen LogP contribution in [0, 0.1) is 0 Å². The maximum absolute atomic E-state index is 6.02.